The van der Waals surface area contributed by atoms with Gasteiger partial charge in [0.15, 0.2) is 0 Å². The quantitative estimate of drug-likeness (QED) is 0.834. The Hall–Kier alpha value is -1.91. The molecule has 0 N–H and O–H groups in total. The molecule has 0 spiro atoms. The van der Waals surface area contributed by atoms with E-state index in [0.29, 0.717) is 6.42 Å². The summed E-state index contributed by atoms with van der Waals surface area (Å²) in [6.07, 6.45) is 1.55. The van der Waals surface area contributed by atoms with Crippen LogP contribution in [-0.4, -0.2) is 51.2 Å². The van der Waals surface area contributed by atoms with Crippen LogP contribution in [0.4, 0.5) is 5.69 Å². The normalized spacial score (nSPS) is 15.0. The van der Waals surface area contributed by atoms with Crippen molar-refractivity contribution in [1.29, 1.82) is 0 Å². The summed E-state index contributed by atoms with van der Waals surface area (Å²) in [4.78, 5) is 16.1. The minimum absolute atomic E-state index is 0.259. The van der Waals surface area contributed by atoms with Gasteiger partial charge in [-0.05, 0) is 18.6 Å². The molecule has 1 heterocycles. The number of hydrogen-bond donors (Lipinski definition) is 0. The van der Waals surface area contributed by atoms with Gasteiger partial charge in [0.1, 0.15) is 11.5 Å². The minimum Gasteiger partial charge on any atom is -0.497 e. The average Bonchev–Trinajstić information content (AvgIpc) is 2.54. The number of anilines is 1. The first-order valence-electron chi connectivity index (χ1n) is 7.44. The number of piperazine rings is 1. The van der Waals surface area contributed by atoms with Gasteiger partial charge in [-0.3, -0.25) is 4.79 Å². The number of hydrogen-bond acceptors (Lipinski definition) is 4. The Balaban J connectivity index is 2.06. The third-order valence-electron chi connectivity index (χ3n) is 3.82. The van der Waals surface area contributed by atoms with Crippen LogP contribution in [0.3, 0.4) is 0 Å². The van der Waals surface area contributed by atoms with Crippen molar-refractivity contribution in [1.82, 2.24) is 4.90 Å². The second-order valence-electron chi connectivity index (χ2n) is 5.16. The van der Waals surface area contributed by atoms with E-state index in [1.807, 2.05) is 30.0 Å². The first-order valence-corrected chi connectivity index (χ1v) is 7.44. The Kier molecular flexibility index (Phi) is 5.31. The zero-order chi connectivity index (χ0) is 15.2. The zero-order valence-electron chi connectivity index (χ0n) is 13.1. The maximum absolute atomic E-state index is 11.9. The van der Waals surface area contributed by atoms with Crippen LogP contribution in [0.2, 0.25) is 0 Å². The van der Waals surface area contributed by atoms with E-state index in [-0.39, 0.29) is 5.91 Å². The molecule has 1 aliphatic heterocycles. The maximum atomic E-state index is 11.9. The van der Waals surface area contributed by atoms with Gasteiger partial charge in [0.05, 0.1) is 19.9 Å². The lowest BCUT2D eigenvalue weighted by atomic mass is 10.2. The molecule has 1 fully saturated rings. The third-order valence-corrected chi connectivity index (χ3v) is 3.82. The summed E-state index contributed by atoms with van der Waals surface area (Å²) < 4.78 is 10.7. The van der Waals surface area contributed by atoms with Crippen LogP contribution in [0.25, 0.3) is 0 Å². The molecule has 21 heavy (non-hydrogen) atoms. The Morgan fingerprint density at radius 1 is 1.14 bits per heavy atom. The highest BCUT2D eigenvalue weighted by atomic mass is 16.5. The van der Waals surface area contributed by atoms with Gasteiger partial charge in [-0.25, -0.2) is 0 Å². The smallest absolute Gasteiger partial charge is 0.222 e. The molecule has 0 aromatic heterocycles. The standard InChI is InChI=1S/C16H24N2O3/c1-4-5-16(19)18-10-8-17(9-11-18)14-12-13(20-2)6-7-15(14)21-3/h6-7,12H,4-5,8-11H2,1-3H3. The van der Waals surface area contributed by atoms with Crippen LogP contribution < -0.4 is 14.4 Å². The average molecular weight is 292 g/mol. The molecule has 0 atom stereocenters. The van der Waals surface area contributed by atoms with Crippen LogP contribution >= 0.6 is 0 Å². The highest BCUT2D eigenvalue weighted by Crippen LogP contribution is 2.32. The Morgan fingerprint density at radius 2 is 1.86 bits per heavy atom. The van der Waals surface area contributed by atoms with Gasteiger partial charge in [0.2, 0.25) is 5.91 Å². The summed E-state index contributed by atoms with van der Waals surface area (Å²) in [5.74, 6) is 1.91. The number of carbonyl (C=O) groups is 1. The SMILES string of the molecule is CCCC(=O)N1CCN(c2cc(OC)ccc2OC)CC1. The predicted molar refractivity (Wildman–Crippen MR) is 83.2 cm³/mol. The van der Waals surface area contributed by atoms with Gasteiger partial charge in [-0.1, -0.05) is 6.92 Å². The highest BCUT2D eigenvalue weighted by Gasteiger charge is 2.22. The summed E-state index contributed by atoms with van der Waals surface area (Å²) in [6, 6.07) is 5.80. The first kappa shape index (κ1) is 15.5. The number of carbonyl (C=O) groups excluding carboxylic acids is 1. The molecule has 1 aliphatic rings. The van der Waals surface area contributed by atoms with Crippen LogP contribution in [0, 0.1) is 0 Å². The fourth-order valence-electron chi connectivity index (χ4n) is 2.61. The molecule has 1 amide bonds. The molecule has 5 heteroatoms. The highest BCUT2D eigenvalue weighted by molar-refractivity contribution is 5.76. The number of rotatable bonds is 5. The molecule has 0 bridgehead atoms. The van der Waals surface area contributed by atoms with E-state index in [2.05, 4.69) is 4.90 Å². The maximum Gasteiger partial charge on any atom is 0.222 e. The molecule has 0 unspecified atom stereocenters. The number of benzene rings is 1. The largest absolute Gasteiger partial charge is 0.497 e. The van der Waals surface area contributed by atoms with E-state index >= 15 is 0 Å². The van der Waals surface area contributed by atoms with Gasteiger partial charge in [0.25, 0.3) is 0 Å². The van der Waals surface area contributed by atoms with Crippen LogP contribution in [0.15, 0.2) is 18.2 Å². The monoisotopic (exact) mass is 292 g/mol. The molecule has 1 aromatic rings. The van der Waals surface area contributed by atoms with E-state index in [9.17, 15) is 4.79 Å². The summed E-state index contributed by atoms with van der Waals surface area (Å²) in [7, 11) is 3.33. The van der Waals surface area contributed by atoms with Crippen molar-refractivity contribution in [3.63, 3.8) is 0 Å². The van der Waals surface area contributed by atoms with E-state index in [4.69, 9.17) is 9.47 Å². The fourth-order valence-corrected chi connectivity index (χ4v) is 2.61. The van der Waals surface area contributed by atoms with Crippen molar-refractivity contribution in [2.45, 2.75) is 19.8 Å². The molecule has 1 aromatic carbocycles. The van der Waals surface area contributed by atoms with Gasteiger partial charge < -0.3 is 19.3 Å². The second kappa shape index (κ2) is 7.20. The van der Waals surface area contributed by atoms with E-state index in [0.717, 1.165) is 49.8 Å². The van der Waals surface area contributed by atoms with Gasteiger partial charge in [-0.15, -0.1) is 0 Å². The Morgan fingerprint density at radius 3 is 2.43 bits per heavy atom. The van der Waals surface area contributed by atoms with Gasteiger partial charge in [-0.2, -0.15) is 0 Å². The molecular weight excluding hydrogens is 268 g/mol. The summed E-state index contributed by atoms with van der Waals surface area (Å²) in [5.41, 5.74) is 1.03. The summed E-state index contributed by atoms with van der Waals surface area (Å²) in [5, 5.41) is 0. The molecule has 5 nitrogen and oxygen atoms in total. The molecule has 1 saturated heterocycles. The molecule has 0 aliphatic carbocycles. The minimum atomic E-state index is 0.259. The van der Waals surface area contributed by atoms with Crippen LogP contribution in [0.1, 0.15) is 19.8 Å². The Labute approximate surface area is 126 Å². The van der Waals surface area contributed by atoms with Crippen molar-refractivity contribution in [3.8, 4) is 11.5 Å². The fraction of sp³-hybridized carbons (Fsp3) is 0.562. The molecule has 2 rings (SSSR count). The molecular formula is C16H24N2O3. The lowest BCUT2D eigenvalue weighted by Gasteiger charge is -2.36. The van der Waals surface area contributed by atoms with Crippen molar-refractivity contribution in [3.05, 3.63) is 18.2 Å². The van der Waals surface area contributed by atoms with Crippen molar-refractivity contribution >= 4 is 11.6 Å². The third kappa shape index (κ3) is 3.60. The molecule has 116 valence electrons. The van der Waals surface area contributed by atoms with E-state index < -0.39 is 0 Å². The number of methoxy groups -OCH3 is 2. The topological polar surface area (TPSA) is 42.0 Å². The van der Waals surface area contributed by atoms with Crippen molar-refractivity contribution in [2.24, 2.45) is 0 Å². The lowest BCUT2D eigenvalue weighted by Crippen LogP contribution is -2.48. The molecule has 0 radical (unpaired) electrons. The number of nitrogens with zero attached hydrogens (tertiary/aromatic N) is 2. The van der Waals surface area contributed by atoms with Crippen molar-refractivity contribution < 1.29 is 14.3 Å². The Bertz CT molecular complexity index is 482. The summed E-state index contributed by atoms with van der Waals surface area (Å²) >= 11 is 0. The number of amides is 1. The zero-order valence-corrected chi connectivity index (χ0v) is 13.1. The van der Waals surface area contributed by atoms with E-state index in [1.54, 1.807) is 14.2 Å². The van der Waals surface area contributed by atoms with E-state index in [1.165, 1.54) is 0 Å². The lowest BCUT2D eigenvalue weighted by molar-refractivity contribution is -0.131. The number of ether oxygens (including phenoxy) is 2. The van der Waals surface area contributed by atoms with Gasteiger partial charge in [0, 0.05) is 38.7 Å². The second-order valence-corrected chi connectivity index (χ2v) is 5.16. The van der Waals surface area contributed by atoms with Crippen molar-refractivity contribution in [2.75, 3.05) is 45.3 Å². The predicted octanol–water partition coefficient (Wildman–Crippen LogP) is 2.15. The van der Waals surface area contributed by atoms with Gasteiger partial charge >= 0.3 is 0 Å². The van der Waals surface area contributed by atoms with Crippen LogP contribution in [0.5, 0.6) is 11.5 Å². The summed E-state index contributed by atoms with van der Waals surface area (Å²) in [6.45, 7) is 5.20. The first-order chi connectivity index (χ1) is 10.2. The van der Waals surface area contributed by atoms with Crippen LogP contribution in [-0.2, 0) is 4.79 Å². The molecule has 0 saturated carbocycles.